The van der Waals surface area contributed by atoms with Gasteiger partial charge < -0.3 is 14.1 Å². The fraction of sp³-hybridized carbons (Fsp3) is 0.375. The van der Waals surface area contributed by atoms with Gasteiger partial charge in [-0.2, -0.15) is 0 Å². The van der Waals surface area contributed by atoms with Gasteiger partial charge in [0.15, 0.2) is 5.76 Å². The van der Waals surface area contributed by atoms with E-state index in [1.54, 1.807) is 0 Å². The van der Waals surface area contributed by atoms with Crippen molar-refractivity contribution in [1.29, 1.82) is 0 Å². The lowest BCUT2D eigenvalue weighted by atomic mass is 9.98. The van der Waals surface area contributed by atoms with E-state index in [1.165, 1.54) is 5.56 Å². The maximum atomic E-state index is 13.1. The molecule has 1 atom stereocenters. The highest BCUT2D eigenvalue weighted by molar-refractivity contribution is 5.99. The first-order valence-corrected chi connectivity index (χ1v) is 10.00. The minimum absolute atomic E-state index is 0.00797. The molecule has 2 heterocycles. The Kier molecular flexibility index (Phi) is 5.12. The number of piperidine rings is 1. The molecular weight excluding hydrogens is 350 g/mol. The van der Waals surface area contributed by atoms with Gasteiger partial charge in [0, 0.05) is 30.0 Å². The van der Waals surface area contributed by atoms with E-state index in [9.17, 15) is 4.79 Å². The van der Waals surface area contributed by atoms with Gasteiger partial charge in [-0.1, -0.05) is 29.8 Å². The van der Waals surface area contributed by atoms with Gasteiger partial charge in [0.05, 0.1) is 6.61 Å². The van der Waals surface area contributed by atoms with Gasteiger partial charge in [0.1, 0.15) is 11.3 Å². The Morgan fingerprint density at radius 2 is 1.86 bits per heavy atom. The Hall–Kier alpha value is -2.75. The molecule has 4 rings (SSSR count). The molecule has 1 amide bonds. The number of nitrogens with zero attached hydrogens (tertiary/aromatic N) is 1. The normalized spacial score (nSPS) is 17.1. The maximum Gasteiger partial charge on any atom is 0.289 e. The molecule has 146 valence electrons. The number of carbonyl (C=O) groups excluding carboxylic acids is 1. The maximum absolute atomic E-state index is 13.1. The summed E-state index contributed by atoms with van der Waals surface area (Å²) in [7, 11) is 0. The Balaban J connectivity index is 1.44. The highest BCUT2D eigenvalue weighted by Gasteiger charge is 2.28. The topological polar surface area (TPSA) is 42.7 Å². The third-order valence-electron chi connectivity index (χ3n) is 5.60. The lowest BCUT2D eigenvalue weighted by Gasteiger charge is -2.32. The number of fused-ring (bicyclic) bond motifs is 1. The molecule has 0 bridgehead atoms. The second-order valence-corrected chi connectivity index (χ2v) is 7.94. The van der Waals surface area contributed by atoms with Crippen molar-refractivity contribution in [2.75, 3.05) is 19.7 Å². The van der Waals surface area contributed by atoms with Crippen LogP contribution in [0, 0.1) is 26.7 Å². The number of aryl methyl sites for hydroxylation is 3. The predicted octanol–water partition coefficient (Wildman–Crippen LogP) is 5.29. The van der Waals surface area contributed by atoms with Crippen molar-refractivity contribution in [2.24, 2.45) is 5.92 Å². The predicted molar refractivity (Wildman–Crippen MR) is 111 cm³/mol. The van der Waals surface area contributed by atoms with E-state index in [4.69, 9.17) is 9.15 Å². The minimum atomic E-state index is -0.00797. The quantitative estimate of drug-likeness (QED) is 0.620. The molecule has 28 heavy (non-hydrogen) atoms. The average Bonchev–Trinajstić information content (AvgIpc) is 3.03. The number of benzene rings is 2. The molecule has 0 radical (unpaired) electrons. The van der Waals surface area contributed by atoms with Crippen LogP contribution in [0.1, 0.15) is 40.1 Å². The lowest BCUT2D eigenvalue weighted by molar-refractivity contribution is 0.0603. The minimum Gasteiger partial charge on any atom is -0.493 e. The molecule has 0 N–H and O–H groups in total. The highest BCUT2D eigenvalue weighted by Crippen LogP contribution is 2.28. The van der Waals surface area contributed by atoms with Crippen LogP contribution in [0.5, 0.6) is 5.75 Å². The van der Waals surface area contributed by atoms with Gasteiger partial charge in [-0.15, -0.1) is 0 Å². The number of ether oxygens (including phenoxy) is 1. The number of rotatable bonds is 4. The third kappa shape index (κ3) is 3.77. The zero-order chi connectivity index (χ0) is 19.7. The molecule has 1 fully saturated rings. The van der Waals surface area contributed by atoms with Gasteiger partial charge in [0.2, 0.25) is 0 Å². The molecule has 1 aromatic heterocycles. The van der Waals surface area contributed by atoms with Crippen LogP contribution in [0.2, 0.25) is 0 Å². The van der Waals surface area contributed by atoms with Crippen molar-refractivity contribution in [3.05, 3.63) is 64.9 Å². The highest BCUT2D eigenvalue weighted by atomic mass is 16.5. The summed E-state index contributed by atoms with van der Waals surface area (Å²) in [5.74, 6) is 1.69. The fourth-order valence-corrected chi connectivity index (χ4v) is 3.91. The molecular formula is C24H27NO3. The second kappa shape index (κ2) is 7.70. The number of carbonyl (C=O) groups is 1. The average molecular weight is 377 g/mol. The van der Waals surface area contributed by atoms with Crippen LogP contribution >= 0.6 is 0 Å². The van der Waals surface area contributed by atoms with Crippen LogP contribution in [-0.2, 0) is 0 Å². The molecule has 4 heteroatoms. The lowest BCUT2D eigenvalue weighted by Crippen LogP contribution is -2.41. The first-order chi connectivity index (χ1) is 13.5. The van der Waals surface area contributed by atoms with E-state index in [1.807, 2.05) is 43.0 Å². The Bertz CT molecular complexity index is 987. The summed E-state index contributed by atoms with van der Waals surface area (Å²) in [6.45, 7) is 8.18. The van der Waals surface area contributed by atoms with E-state index in [0.717, 1.165) is 47.2 Å². The molecule has 0 aliphatic carbocycles. The molecule has 1 unspecified atom stereocenters. The molecule has 4 nitrogen and oxygen atoms in total. The molecule has 0 saturated carbocycles. The third-order valence-corrected chi connectivity index (χ3v) is 5.60. The second-order valence-electron chi connectivity index (χ2n) is 7.94. The first kappa shape index (κ1) is 18.6. The van der Waals surface area contributed by atoms with E-state index in [-0.39, 0.29) is 5.91 Å². The molecule has 3 aromatic rings. The van der Waals surface area contributed by atoms with E-state index >= 15 is 0 Å². The summed E-state index contributed by atoms with van der Waals surface area (Å²) in [5.41, 5.74) is 4.07. The van der Waals surface area contributed by atoms with E-state index < -0.39 is 0 Å². The van der Waals surface area contributed by atoms with Crippen LogP contribution in [0.25, 0.3) is 11.0 Å². The first-order valence-electron chi connectivity index (χ1n) is 10.00. The van der Waals surface area contributed by atoms with Crippen LogP contribution in [-0.4, -0.2) is 30.5 Å². The zero-order valence-electron chi connectivity index (χ0n) is 16.8. The van der Waals surface area contributed by atoms with Gasteiger partial charge >= 0.3 is 0 Å². The smallest absolute Gasteiger partial charge is 0.289 e. The SMILES string of the molecule is Cc1ccc(OCC2CCCN(C(=O)c3oc4cc(C)ccc4c3C)C2)cc1. The molecule has 1 saturated heterocycles. The fourth-order valence-electron chi connectivity index (χ4n) is 3.91. The van der Waals surface area contributed by atoms with Crippen LogP contribution < -0.4 is 4.74 Å². The van der Waals surface area contributed by atoms with Crippen LogP contribution in [0.3, 0.4) is 0 Å². The molecule has 0 spiro atoms. The van der Waals surface area contributed by atoms with E-state index in [0.29, 0.717) is 24.8 Å². The van der Waals surface area contributed by atoms with Crippen LogP contribution in [0.4, 0.5) is 0 Å². The zero-order valence-corrected chi connectivity index (χ0v) is 16.8. The number of hydrogen-bond acceptors (Lipinski definition) is 3. The standard InChI is InChI=1S/C24H27NO3/c1-16-6-9-20(10-7-16)27-15-19-5-4-12-25(14-19)24(26)23-18(3)21-11-8-17(2)13-22(21)28-23/h6-11,13,19H,4-5,12,14-15H2,1-3H3. The summed E-state index contributed by atoms with van der Waals surface area (Å²) in [4.78, 5) is 15.0. The Labute approximate surface area is 166 Å². The monoisotopic (exact) mass is 377 g/mol. The Morgan fingerprint density at radius 1 is 1.11 bits per heavy atom. The Morgan fingerprint density at radius 3 is 2.64 bits per heavy atom. The van der Waals surface area contributed by atoms with Gasteiger partial charge in [-0.05, 0) is 57.4 Å². The van der Waals surface area contributed by atoms with Crippen molar-refractivity contribution < 1.29 is 13.9 Å². The summed E-state index contributed by atoms with van der Waals surface area (Å²) >= 11 is 0. The molecule has 1 aliphatic rings. The number of amides is 1. The number of likely N-dealkylation sites (tertiary alicyclic amines) is 1. The molecule has 1 aliphatic heterocycles. The van der Waals surface area contributed by atoms with Gasteiger partial charge in [0.25, 0.3) is 5.91 Å². The van der Waals surface area contributed by atoms with Gasteiger partial charge in [-0.25, -0.2) is 0 Å². The summed E-state index contributed by atoms with van der Waals surface area (Å²) in [6, 6.07) is 14.2. The van der Waals surface area contributed by atoms with Crippen molar-refractivity contribution in [3.63, 3.8) is 0 Å². The van der Waals surface area contributed by atoms with Gasteiger partial charge in [-0.3, -0.25) is 4.79 Å². The van der Waals surface area contributed by atoms with Crippen LogP contribution in [0.15, 0.2) is 46.9 Å². The number of hydrogen-bond donors (Lipinski definition) is 0. The van der Waals surface area contributed by atoms with E-state index in [2.05, 4.69) is 25.1 Å². The summed E-state index contributed by atoms with van der Waals surface area (Å²) in [5, 5.41) is 1.02. The molecule has 2 aromatic carbocycles. The summed E-state index contributed by atoms with van der Waals surface area (Å²) in [6.07, 6.45) is 2.07. The van der Waals surface area contributed by atoms with Crippen molar-refractivity contribution in [1.82, 2.24) is 4.90 Å². The summed E-state index contributed by atoms with van der Waals surface area (Å²) < 4.78 is 11.9. The largest absolute Gasteiger partial charge is 0.493 e. The number of furan rings is 1. The van der Waals surface area contributed by atoms with Crippen molar-refractivity contribution in [3.8, 4) is 5.75 Å². The van der Waals surface area contributed by atoms with Crippen molar-refractivity contribution in [2.45, 2.75) is 33.6 Å². The van der Waals surface area contributed by atoms with Crippen molar-refractivity contribution >= 4 is 16.9 Å².